The van der Waals surface area contributed by atoms with Crippen molar-refractivity contribution in [1.82, 2.24) is 9.80 Å². The molecule has 0 amide bonds. The minimum atomic E-state index is 0.541. The van der Waals surface area contributed by atoms with Crippen LogP contribution in [0, 0.1) is 0 Å². The Morgan fingerprint density at radius 1 is 1.43 bits per heavy atom. The van der Waals surface area contributed by atoms with Gasteiger partial charge in [0.15, 0.2) is 0 Å². The van der Waals surface area contributed by atoms with Gasteiger partial charge in [0.1, 0.15) is 0 Å². The average Bonchev–Trinajstić information content (AvgIpc) is 2.31. The lowest BCUT2D eigenvalue weighted by Gasteiger charge is -2.30. The number of nitrogens with zero attached hydrogens (tertiary/aromatic N) is 2. The van der Waals surface area contributed by atoms with E-state index in [1.165, 1.54) is 25.9 Å². The third-order valence-corrected chi connectivity index (χ3v) is 3.42. The van der Waals surface area contributed by atoms with E-state index < -0.39 is 0 Å². The molecule has 0 aromatic heterocycles. The van der Waals surface area contributed by atoms with Crippen LogP contribution in [0.5, 0.6) is 0 Å². The molecule has 0 saturated carbocycles. The smallest absolute Gasteiger partial charge is 0.0345 e. The fraction of sp³-hybridized carbons (Fsp3) is 1.00. The Balaban J connectivity index is 2.55. The standard InChI is InChI=1S/C11H25N3/c1-4-6-14-7-5-10(2)13(3)11(8-12)9-14/h10-11H,4-9,12H2,1-3H3. The Morgan fingerprint density at radius 3 is 2.71 bits per heavy atom. The van der Waals surface area contributed by atoms with Crippen LogP contribution in [0.3, 0.4) is 0 Å². The number of hydrogen-bond donors (Lipinski definition) is 1. The van der Waals surface area contributed by atoms with Crippen molar-refractivity contribution in [1.29, 1.82) is 0 Å². The first-order valence-corrected chi connectivity index (χ1v) is 5.83. The molecule has 3 heteroatoms. The second-order valence-electron chi connectivity index (χ2n) is 4.49. The average molecular weight is 199 g/mol. The van der Waals surface area contributed by atoms with Crippen LogP contribution in [0.1, 0.15) is 26.7 Å². The van der Waals surface area contributed by atoms with Crippen LogP contribution in [-0.2, 0) is 0 Å². The van der Waals surface area contributed by atoms with Gasteiger partial charge in [-0.05, 0) is 39.9 Å². The molecule has 2 N–H and O–H groups in total. The van der Waals surface area contributed by atoms with Gasteiger partial charge >= 0.3 is 0 Å². The highest BCUT2D eigenvalue weighted by atomic mass is 15.2. The van der Waals surface area contributed by atoms with Crippen molar-refractivity contribution < 1.29 is 0 Å². The molecule has 0 spiro atoms. The Kier molecular flexibility index (Phi) is 4.85. The Bertz CT molecular complexity index is 161. The molecule has 0 aromatic carbocycles. The van der Waals surface area contributed by atoms with Crippen molar-refractivity contribution in [2.75, 3.05) is 33.2 Å². The topological polar surface area (TPSA) is 32.5 Å². The molecule has 1 aliphatic rings. The van der Waals surface area contributed by atoms with Crippen molar-refractivity contribution in [3.05, 3.63) is 0 Å². The summed E-state index contributed by atoms with van der Waals surface area (Å²) in [5, 5.41) is 0. The van der Waals surface area contributed by atoms with Crippen molar-refractivity contribution in [2.24, 2.45) is 5.73 Å². The second-order valence-corrected chi connectivity index (χ2v) is 4.49. The molecule has 14 heavy (non-hydrogen) atoms. The molecule has 1 aliphatic heterocycles. The summed E-state index contributed by atoms with van der Waals surface area (Å²) in [5.74, 6) is 0. The Labute approximate surface area is 88.2 Å². The van der Waals surface area contributed by atoms with E-state index in [9.17, 15) is 0 Å². The molecular weight excluding hydrogens is 174 g/mol. The molecule has 1 rings (SSSR count). The zero-order valence-corrected chi connectivity index (χ0v) is 9.87. The lowest BCUT2D eigenvalue weighted by Crippen LogP contribution is -2.46. The zero-order chi connectivity index (χ0) is 10.6. The monoisotopic (exact) mass is 199 g/mol. The predicted octanol–water partition coefficient (Wildman–Crippen LogP) is 0.750. The quantitative estimate of drug-likeness (QED) is 0.728. The summed E-state index contributed by atoms with van der Waals surface area (Å²) in [6.07, 6.45) is 2.52. The summed E-state index contributed by atoms with van der Waals surface area (Å²) in [4.78, 5) is 4.99. The third kappa shape index (κ3) is 2.94. The first-order valence-electron chi connectivity index (χ1n) is 5.83. The highest BCUT2D eigenvalue weighted by molar-refractivity contribution is 4.82. The second kappa shape index (κ2) is 5.69. The summed E-state index contributed by atoms with van der Waals surface area (Å²) in [6, 6.07) is 1.21. The van der Waals surface area contributed by atoms with Gasteiger partial charge in [0.2, 0.25) is 0 Å². The van der Waals surface area contributed by atoms with Gasteiger partial charge in [-0.3, -0.25) is 4.90 Å². The van der Waals surface area contributed by atoms with Gasteiger partial charge in [-0.2, -0.15) is 0 Å². The molecule has 84 valence electrons. The summed E-state index contributed by atoms with van der Waals surface area (Å²) >= 11 is 0. The number of hydrogen-bond acceptors (Lipinski definition) is 3. The number of nitrogens with two attached hydrogens (primary N) is 1. The molecule has 2 atom stereocenters. The fourth-order valence-electron chi connectivity index (χ4n) is 2.21. The van der Waals surface area contributed by atoms with E-state index in [2.05, 4.69) is 30.7 Å². The van der Waals surface area contributed by atoms with Gasteiger partial charge in [-0.1, -0.05) is 6.92 Å². The largest absolute Gasteiger partial charge is 0.329 e. The van der Waals surface area contributed by atoms with Crippen molar-refractivity contribution in [3.63, 3.8) is 0 Å². The van der Waals surface area contributed by atoms with E-state index in [0.717, 1.165) is 13.1 Å². The van der Waals surface area contributed by atoms with E-state index in [0.29, 0.717) is 12.1 Å². The molecule has 1 heterocycles. The van der Waals surface area contributed by atoms with E-state index in [-0.39, 0.29) is 0 Å². The first kappa shape index (κ1) is 12.0. The van der Waals surface area contributed by atoms with Crippen LogP contribution in [0.4, 0.5) is 0 Å². The number of likely N-dealkylation sites (N-methyl/N-ethyl adjacent to an activating group) is 1. The van der Waals surface area contributed by atoms with Gasteiger partial charge in [0.25, 0.3) is 0 Å². The van der Waals surface area contributed by atoms with E-state index >= 15 is 0 Å². The molecule has 3 nitrogen and oxygen atoms in total. The first-order chi connectivity index (χ1) is 6.69. The van der Waals surface area contributed by atoms with Crippen LogP contribution in [0.15, 0.2) is 0 Å². The van der Waals surface area contributed by atoms with Crippen LogP contribution in [0.25, 0.3) is 0 Å². The van der Waals surface area contributed by atoms with Crippen LogP contribution in [-0.4, -0.2) is 55.1 Å². The van der Waals surface area contributed by atoms with Gasteiger partial charge in [0, 0.05) is 25.2 Å². The highest BCUT2D eigenvalue weighted by Crippen LogP contribution is 2.13. The van der Waals surface area contributed by atoms with Gasteiger partial charge in [-0.15, -0.1) is 0 Å². The normalized spacial score (nSPS) is 31.7. The summed E-state index contributed by atoms with van der Waals surface area (Å²) in [5.41, 5.74) is 5.82. The van der Waals surface area contributed by atoms with Crippen LogP contribution in [0.2, 0.25) is 0 Å². The van der Waals surface area contributed by atoms with Crippen LogP contribution < -0.4 is 5.73 Å². The lowest BCUT2D eigenvalue weighted by molar-refractivity contribution is 0.180. The molecule has 2 unspecified atom stereocenters. The maximum Gasteiger partial charge on any atom is 0.0345 e. The van der Waals surface area contributed by atoms with Gasteiger partial charge in [-0.25, -0.2) is 0 Å². The molecule has 0 radical (unpaired) electrons. The SMILES string of the molecule is CCCN1CCC(C)N(C)C(CN)C1. The fourth-order valence-corrected chi connectivity index (χ4v) is 2.21. The molecule has 0 aliphatic carbocycles. The molecule has 0 aromatic rings. The highest BCUT2D eigenvalue weighted by Gasteiger charge is 2.24. The van der Waals surface area contributed by atoms with Crippen molar-refractivity contribution >= 4 is 0 Å². The van der Waals surface area contributed by atoms with Crippen molar-refractivity contribution in [2.45, 2.75) is 38.8 Å². The molecule has 1 fully saturated rings. The van der Waals surface area contributed by atoms with Crippen LogP contribution >= 0.6 is 0 Å². The van der Waals surface area contributed by atoms with E-state index in [1.54, 1.807) is 0 Å². The lowest BCUT2D eigenvalue weighted by atomic mass is 10.2. The molecule has 1 saturated heterocycles. The minimum Gasteiger partial charge on any atom is -0.329 e. The van der Waals surface area contributed by atoms with Crippen molar-refractivity contribution in [3.8, 4) is 0 Å². The maximum atomic E-state index is 5.82. The number of rotatable bonds is 3. The Hall–Kier alpha value is -0.120. The summed E-state index contributed by atoms with van der Waals surface area (Å²) < 4.78 is 0. The molecule has 0 bridgehead atoms. The Morgan fingerprint density at radius 2 is 2.14 bits per heavy atom. The van der Waals surface area contributed by atoms with E-state index in [4.69, 9.17) is 5.73 Å². The summed E-state index contributed by atoms with van der Waals surface area (Å²) in [6.45, 7) is 8.92. The third-order valence-electron chi connectivity index (χ3n) is 3.42. The summed E-state index contributed by atoms with van der Waals surface area (Å²) in [7, 11) is 2.21. The molecular formula is C11H25N3. The maximum absolute atomic E-state index is 5.82. The zero-order valence-electron chi connectivity index (χ0n) is 9.87. The van der Waals surface area contributed by atoms with Gasteiger partial charge in [0.05, 0.1) is 0 Å². The minimum absolute atomic E-state index is 0.541. The van der Waals surface area contributed by atoms with Gasteiger partial charge < -0.3 is 10.6 Å². The van der Waals surface area contributed by atoms with E-state index in [1.807, 2.05) is 0 Å². The predicted molar refractivity (Wildman–Crippen MR) is 61.4 cm³/mol.